The molecule has 0 aromatic carbocycles. The number of hydrogen-bond acceptors (Lipinski definition) is 4. The van der Waals surface area contributed by atoms with Crippen molar-refractivity contribution < 1.29 is 9.84 Å². The zero-order valence-corrected chi connectivity index (χ0v) is 8.65. The molecule has 2 heterocycles. The van der Waals surface area contributed by atoms with Crippen LogP contribution in [0, 0.1) is 0 Å². The van der Waals surface area contributed by atoms with Gasteiger partial charge >= 0.3 is 0 Å². The van der Waals surface area contributed by atoms with Crippen molar-refractivity contribution in [3.05, 3.63) is 30.1 Å². The third-order valence-electron chi connectivity index (χ3n) is 2.57. The van der Waals surface area contributed by atoms with Gasteiger partial charge < -0.3 is 15.2 Å². The number of ether oxygens (including phenoxy) is 1. The molecule has 15 heavy (non-hydrogen) atoms. The number of nitrogens with zero attached hydrogens (tertiary/aromatic N) is 1. The molecule has 1 fully saturated rings. The molecule has 1 saturated heterocycles. The highest BCUT2D eigenvalue weighted by Crippen LogP contribution is 2.16. The van der Waals surface area contributed by atoms with Gasteiger partial charge in [0.2, 0.25) is 0 Å². The van der Waals surface area contributed by atoms with Gasteiger partial charge in [0.05, 0.1) is 12.3 Å². The van der Waals surface area contributed by atoms with E-state index in [4.69, 9.17) is 4.74 Å². The van der Waals surface area contributed by atoms with Crippen molar-refractivity contribution >= 4 is 0 Å². The SMILES string of the molecule is OC1(CNCc2ccccn2)CCOC1. The average Bonchev–Trinajstić information content (AvgIpc) is 2.67. The molecule has 2 N–H and O–H groups in total. The summed E-state index contributed by atoms with van der Waals surface area (Å²) in [6.45, 7) is 2.33. The first-order valence-corrected chi connectivity index (χ1v) is 5.19. The van der Waals surface area contributed by atoms with Crippen molar-refractivity contribution in [2.24, 2.45) is 0 Å². The first-order valence-electron chi connectivity index (χ1n) is 5.19. The van der Waals surface area contributed by atoms with E-state index in [2.05, 4.69) is 10.3 Å². The van der Waals surface area contributed by atoms with Crippen LogP contribution in [0.1, 0.15) is 12.1 Å². The summed E-state index contributed by atoms with van der Waals surface area (Å²) >= 11 is 0. The summed E-state index contributed by atoms with van der Waals surface area (Å²) < 4.78 is 5.16. The summed E-state index contributed by atoms with van der Waals surface area (Å²) in [6.07, 6.45) is 2.48. The lowest BCUT2D eigenvalue weighted by atomic mass is 10.0. The number of rotatable bonds is 4. The number of pyridine rings is 1. The maximum absolute atomic E-state index is 9.96. The summed E-state index contributed by atoms with van der Waals surface area (Å²) in [7, 11) is 0. The molecule has 0 bridgehead atoms. The average molecular weight is 208 g/mol. The molecule has 1 aromatic rings. The second-order valence-corrected chi connectivity index (χ2v) is 3.95. The quantitative estimate of drug-likeness (QED) is 0.748. The van der Waals surface area contributed by atoms with Crippen LogP contribution in [0.5, 0.6) is 0 Å². The van der Waals surface area contributed by atoms with E-state index >= 15 is 0 Å². The molecule has 1 unspecified atom stereocenters. The number of nitrogens with one attached hydrogen (secondary N) is 1. The van der Waals surface area contributed by atoms with E-state index in [1.165, 1.54) is 0 Å². The molecular formula is C11H16N2O2. The van der Waals surface area contributed by atoms with E-state index in [0.717, 1.165) is 5.69 Å². The number of aromatic nitrogens is 1. The number of aliphatic hydroxyl groups is 1. The Morgan fingerprint density at radius 2 is 2.47 bits per heavy atom. The Balaban J connectivity index is 1.75. The van der Waals surface area contributed by atoms with Crippen LogP contribution < -0.4 is 5.32 Å². The van der Waals surface area contributed by atoms with Crippen LogP contribution in [0.2, 0.25) is 0 Å². The lowest BCUT2D eigenvalue weighted by molar-refractivity contribution is 0.0268. The van der Waals surface area contributed by atoms with Gasteiger partial charge in [0, 0.05) is 32.3 Å². The van der Waals surface area contributed by atoms with Crippen LogP contribution in [-0.2, 0) is 11.3 Å². The highest BCUT2D eigenvalue weighted by molar-refractivity contribution is 5.03. The Morgan fingerprint density at radius 3 is 3.13 bits per heavy atom. The van der Waals surface area contributed by atoms with E-state index in [9.17, 15) is 5.11 Å². The first-order chi connectivity index (χ1) is 7.29. The Morgan fingerprint density at radius 1 is 1.53 bits per heavy atom. The van der Waals surface area contributed by atoms with E-state index in [1.54, 1.807) is 6.20 Å². The second kappa shape index (κ2) is 4.70. The van der Waals surface area contributed by atoms with Crippen LogP contribution in [0.15, 0.2) is 24.4 Å². The van der Waals surface area contributed by atoms with Crippen LogP contribution in [0.25, 0.3) is 0 Å². The summed E-state index contributed by atoms with van der Waals surface area (Å²) in [4.78, 5) is 4.19. The Hall–Kier alpha value is -0.970. The first kappa shape index (κ1) is 10.5. The van der Waals surface area contributed by atoms with E-state index in [0.29, 0.717) is 32.7 Å². The van der Waals surface area contributed by atoms with Crippen LogP contribution in [0.4, 0.5) is 0 Å². The topological polar surface area (TPSA) is 54.4 Å². The van der Waals surface area contributed by atoms with Crippen molar-refractivity contribution in [3.63, 3.8) is 0 Å². The fourth-order valence-corrected chi connectivity index (χ4v) is 1.66. The highest BCUT2D eigenvalue weighted by atomic mass is 16.5. The molecule has 0 aliphatic carbocycles. The predicted molar refractivity (Wildman–Crippen MR) is 56.3 cm³/mol. The van der Waals surface area contributed by atoms with Crippen LogP contribution in [-0.4, -0.2) is 35.5 Å². The highest BCUT2D eigenvalue weighted by Gasteiger charge is 2.31. The van der Waals surface area contributed by atoms with Crippen molar-refractivity contribution in [3.8, 4) is 0 Å². The smallest absolute Gasteiger partial charge is 0.103 e. The van der Waals surface area contributed by atoms with Gasteiger partial charge in [0.15, 0.2) is 0 Å². The predicted octanol–water partition coefficient (Wildman–Crippen LogP) is 0.323. The van der Waals surface area contributed by atoms with E-state index in [1.807, 2.05) is 18.2 Å². The summed E-state index contributed by atoms with van der Waals surface area (Å²) in [5.74, 6) is 0. The Bertz CT molecular complexity index is 297. The lowest BCUT2D eigenvalue weighted by Gasteiger charge is -2.20. The largest absolute Gasteiger partial charge is 0.386 e. The van der Waals surface area contributed by atoms with Gasteiger partial charge in [-0.3, -0.25) is 4.98 Å². The number of hydrogen-bond donors (Lipinski definition) is 2. The summed E-state index contributed by atoms with van der Waals surface area (Å²) in [6, 6.07) is 5.81. The zero-order chi connectivity index (χ0) is 10.6. The van der Waals surface area contributed by atoms with Crippen molar-refractivity contribution in [1.82, 2.24) is 10.3 Å². The molecule has 1 atom stereocenters. The van der Waals surface area contributed by atoms with Crippen molar-refractivity contribution in [2.75, 3.05) is 19.8 Å². The van der Waals surface area contributed by atoms with E-state index < -0.39 is 5.60 Å². The third-order valence-corrected chi connectivity index (χ3v) is 2.57. The molecule has 82 valence electrons. The zero-order valence-electron chi connectivity index (χ0n) is 8.65. The molecule has 1 aromatic heterocycles. The molecule has 4 nitrogen and oxygen atoms in total. The minimum atomic E-state index is -0.686. The minimum Gasteiger partial charge on any atom is -0.386 e. The maximum atomic E-state index is 9.96. The minimum absolute atomic E-state index is 0.433. The van der Waals surface area contributed by atoms with Crippen molar-refractivity contribution in [1.29, 1.82) is 0 Å². The van der Waals surface area contributed by atoms with Gasteiger partial charge in [-0.2, -0.15) is 0 Å². The molecule has 4 heteroatoms. The van der Waals surface area contributed by atoms with Gasteiger partial charge in [-0.25, -0.2) is 0 Å². The molecule has 0 radical (unpaired) electrons. The third kappa shape index (κ3) is 2.99. The van der Waals surface area contributed by atoms with E-state index in [-0.39, 0.29) is 0 Å². The molecule has 1 aliphatic heterocycles. The molecule has 0 saturated carbocycles. The van der Waals surface area contributed by atoms with Gasteiger partial charge in [-0.15, -0.1) is 0 Å². The van der Waals surface area contributed by atoms with Gasteiger partial charge in [0.25, 0.3) is 0 Å². The van der Waals surface area contributed by atoms with Gasteiger partial charge in [-0.05, 0) is 12.1 Å². The van der Waals surface area contributed by atoms with Gasteiger partial charge in [-0.1, -0.05) is 6.07 Å². The standard InChI is InChI=1S/C11H16N2O2/c14-11(4-6-15-9-11)8-12-7-10-3-1-2-5-13-10/h1-3,5,12,14H,4,6-9H2. The maximum Gasteiger partial charge on any atom is 0.103 e. The molecule has 0 amide bonds. The van der Waals surface area contributed by atoms with Gasteiger partial charge in [0.1, 0.15) is 5.60 Å². The fraction of sp³-hybridized carbons (Fsp3) is 0.545. The second-order valence-electron chi connectivity index (χ2n) is 3.95. The normalized spacial score (nSPS) is 25.7. The summed E-state index contributed by atoms with van der Waals surface area (Å²) in [5.41, 5.74) is 0.300. The molecule has 1 aliphatic rings. The summed E-state index contributed by atoms with van der Waals surface area (Å²) in [5, 5.41) is 13.2. The molecule has 0 spiro atoms. The fourth-order valence-electron chi connectivity index (χ4n) is 1.66. The Kier molecular flexibility index (Phi) is 3.30. The lowest BCUT2D eigenvalue weighted by Crippen LogP contribution is -2.40. The Labute approximate surface area is 89.3 Å². The monoisotopic (exact) mass is 208 g/mol. The molecule has 2 rings (SSSR count). The van der Waals surface area contributed by atoms with Crippen LogP contribution >= 0.6 is 0 Å². The molecular weight excluding hydrogens is 192 g/mol. The van der Waals surface area contributed by atoms with Crippen molar-refractivity contribution in [2.45, 2.75) is 18.6 Å². The van der Waals surface area contributed by atoms with Crippen LogP contribution in [0.3, 0.4) is 0 Å².